The Balaban J connectivity index is 2.03. The highest BCUT2D eigenvalue weighted by Gasteiger charge is 2.05. The molecule has 18 heavy (non-hydrogen) atoms. The molecule has 0 aromatic carbocycles. The van der Waals surface area contributed by atoms with E-state index in [-0.39, 0.29) is 0 Å². The average Bonchev–Trinajstić information content (AvgIpc) is 2.73. The van der Waals surface area contributed by atoms with Crippen LogP contribution in [0.4, 0.5) is 0 Å². The van der Waals surface area contributed by atoms with Crippen LogP contribution in [0.25, 0.3) is 0 Å². The standard InChI is InChI=1S/C13H23NO4/c1-11-8-12(18-13(11)9-14)10-17-7-6-16-5-3-4-15-2/h8H,3-7,9-10,14H2,1-2H3. The summed E-state index contributed by atoms with van der Waals surface area (Å²) in [4.78, 5) is 0. The predicted octanol–water partition coefficient (Wildman–Crippen LogP) is 1.62. The van der Waals surface area contributed by atoms with E-state index in [2.05, 4.69) is 0 Å². The van der Waals surface area contributed by atoms with Crippen molar-refractivity contribution in [2.75, 3.05) is 33.5 Å². The number of aryl methyl sites for hydroxylation is 1. The SMILES string of the molecule is COCCCOCCOCc1cc(C)c(CN)o1. The van der Waals surface area contributed by atoms with Gasteiger partial charge in [0.1, 0.15) is 18.1 Å². The number of hydrogen-bond acceptors (Lipinski definition) is 5. The second-order valence-electron chi connectivity index (χ2n) is 4.03. The van der Waals surface area contributed by atoms with Crippen LogP contribution in [-0.4, -0.2) is 33.5 Å². The highest BCUT2D eigenvalue weighted by atomic mass is 16.5. The molecule has 1 aromatic rings. The van der Waals surface area contributed by atoms with Crippen molar-refractivity contribution in [2.24, 2.45) is 5.73 Å². The van der Waals surface area contributed by atoms with Gasteiger partial charge in [0.05, 0.1) is 19.8 Å². The summed E-state index contributed by atoms with van der Waals surface area (Å²) in [6.07, 6.45) is 0.910. The zero-order valence-electron chi connectivity index (χ0n) is 11.2. The summed E-state index contributed by atoms with van der Waals surface area (Å²) < 4.78 is 21.2. The highest BCUT2D eigenvalue weighted by Crippen LogP contribution is 2.14. The average molecular weight is 257 g/mol. The molecule has 5 nitrogen and oxygen atoms in total. The first-order valence-corrected chi connectivity index (χ1v) is 6.20. The Morgan fingerprint density at radius 1 is 1.17 bits per heavy atom. The van der Waals surface area contributed by atoms with Gasteiger partial charge >= 0.3 is 0 Å². The van der Waals surface area contributed by atoms with Gasteiger partial charge in [-0.05, 0) is 25.0 Å². The Labute approximate surface area is 108 Å². The van der Waals surface area contributed by atoms with E-state index in [1.165, 1.54) is 0 Å². The van der Waals surface area contributed by atoms with Gasteiger partial charge in [0.25, 0.3) is 0 Å². The quantitative estimate of drug-likeness (QED) is 0.645. The van der Waals surface area contributed by atoms with Gasteiger partial charge in [-0.1, -0.05) is 0 Å². The number of nitrogens with two attached hydrogens (primary N) is 1. The van der Waals surface area contributed by atoms with Gasteiger partial charge in [-0.2, -0.15) is 0 Å². The van der Waals surface area contributed by atoms with Crippen molar-refractivity contribution in [1.82, 2.24) is 0 Å². The molecule has 1 heterocycles. The number of ether oxygens (including phenoxy) is 3. The third-order valence-corrected chi connectivity index (χ3v) is 2.51. The number of methoxy groups -OCH3 is 1. The van der Waals surface area contributed by atoms with E-state index in [0.29, 0.717) is 33.0 Å². The van der Waals surface area contributed by atoms with Crippen molar-refractivity contribution < 1.29 is 18.6 Å². The van der Waals surface area contributed by atoms with Crippen molar-refractivity contribution in [3.05, 3.63) is 23.2 Å². The van der Waals surface area contributed by atoms with E-state index in [0.717, 1.165) is 30.1 Å². The first-order chi connectivity index (χ1) is 8.77. The molecule has 0 atom stereocenters. The summed E-state index contributed by atoms with van der Waals surface area (Å²) in [7, 11) is 1.68. The van der Waals surface area contributed by atoms with Crippen molar-refractivity contribution in [3.63, 3.8) is 0 Å². The fraction of sp³-hybridized carbons (Fsp3) is 0.692. The van der Waals surface area contributed by atoms with Gasteiger partial charge in [-0.15, -0.1) is 0 Å². The maximum absolute atomic E-state index is 5.53. The van der Waals surface area contributed by atoms with E-state index in [1.807, 2.05) is 13.0 Å². The number of furan rings is 1. The molecule has 2 N–H and O–H groups in total. The van der Waals surface area contributed by atoms with E-state index in [1.54, 1.807) is 7.11 Å². The smallest absolute Gasteiger partial charge is 0.130 e. The Kier molecular flexibility index (Phi) is 7.68. The normalized spacial score (nSPS) is 11.1. The third-order valence-electron chi connectivity index (χ3n) is 2.51. The minimum atomic E-state index is 0.425. The summed E-state index contributed by atoms with van der Waals surface area (Å²) in [6, 6.07) is 1.96. The maximum Gasteiger partial charge on any atom is 0.130 e. The lowest BCUT2D eigenvalue weighted by Gasteiger charge is -2.04. The molecule has 0 amide bonds. The Hall–Kier alpha value is -0.880. The molecule has 1 aromatic heterocycles. The molecule has 1 rings (SSSR count). The fourth-order valence-electron chi connectivity index (χ4n) is 1.56. The lowest BCUT2D eigenvalue weighted by Crippen LogP contribution is -2.06. The van der Waals surface area contributed by atoms with Crippen LogP contribution in [0.15, 0.2) is 10.5 Å². The first kappa shape index (κ1) is 15.2. The molecule has 0 saturated heterocycles. The molecule has 0 aliphatic rings. The van der Waals surface area contributed by atoms with Crippen LogP contribution in [0.1, 0.15) is 23.5 Å². The van der Waals surface area contributed by atoms with Gasteiger partial charge in [-0.3, -0.25) is 0 Å². The van der Waals surface area contributed by atoms with Gasteiger partial charge < -0.3 is 24.4 Å². The van der Waals surface area contributed by atoms with E-state index in [9.17, 15) is 0 Å². The minimum absolute atomic E-state index is 0.425. The molecular formula is C13H23NO4. The Morgan fingerprint density at radius 3 is 2.61 bits per heavy atom. The molecule has 0 spiro atoms. The van der Waals surface area contributed by atoms with Crippen LogP contribution in [0, 0.1) is 6.92 Å². The van der Waals surface area contributed by atoms with Crippen molar-refractivity contribution >= 4 is 0 Å². The molecule has 5 heteroatoms. The van der Waals surface area contributed by atoms with Crippen LogP contribution >= 0.6 is 0 Å². The topological polar surface area (TPSA) is 66.8 Å². The van der Waals surface area contributed by atoms with Gasteiger partial charge in [0.2, 0.25) is 0 Å². The highest BCUT2D eigenvalue weighted by molar-refractivity contribution is 5.19. The molecule has 0 bridgehead atoms. The molecule has 0 aliphatic carbocycles. The van der Waals surface area contributed by atoms with Gasteiger partial charge in [0.15, 0.2) is 0 Å². The van der Waals surface area contributed by atoms with Crippen LogP contribution in [-0.2, 0) is 27.4 Å². The summed E-state index contributed by atoms with van der Waals surface area (Å²) in [5, 5.41) is 0. The van der Waals surface area contributed by atoms with Crippen LogP contribution < -0.4 is 5.73 Å². The lowest BCUT2D eigenvalue weighted by atomic mass is 10.3. The second-order valence-corrected chi connectivity index (χ2v) is 4.03. The number of rotatable bonds is 10. The monoisotopic (exact) mass is 257 g/mol. The minimum Gasteiger partial charge on any atom is -0.462 e. The van der Waals surface area contributed by atoms with Crippen molar-refractivity contribution in [3.8, 4) is 0 Å². The molecule has 0 radical (unpaired) electrons. The van der Waals surface area contributed by atoms with Crippen molar-refractivity contribution in [2.45, 2.75) is 26.5 Å². The molecular weight excluding hydrogens is 234 g/mol. The maximum atomic E-state index is 5.53. The predicted molar refractivity (Wildman–Crippen MR) is 68.3 cm³/mol. The van der Waals surface area contributed by atoms with Crippen LogP contribution in [0.2, 0.25) is 0 Å². The Bertz CT molecular complexity index is 325. The zero-order chi connectivity index (χ0) is 13.2. The molecule has 104 valence electrons. The fourth-order valence-corrected chi connectivity index (χ4v) is 1.56. The first-order valence-electron chi connectivity index (χ1n) is 6.20. The van der Waals surface area contributed by atoms with Crippen LogP contribution in [0.5, 0.6) is 0 Å². The van der Waals surface area contributed by atoms with Gasteiger partial charge in [-0.25, -0.2) is 0 Å². The third kappa shape index (κ3) is 5.64. The summed E-state index contributed by atoms with van der Waals surface area (Å²) in [5.74, 6) is 1.64. The Morgan fingerprint density at radius 2 is 1.94 bits per heavy atom. The summed E-state index contributed by atoms with van der Waals surface area (Å²) in [5.41, 5.74) is 6.61. The van der Waals surface area contributed by atoms with Crippen molar-refractivity contribution in [1.29, 1.82) is 0 Å². The molecule has 0 fully saturated rings. The lowest BCUT2D eigenvalue weighted by molar-refractivity contribution is 0.0284. The van der Waals surface area contributed by atoms with E-state index in [4.69, 9.17) is 24.4 Å². The molecule has 0 aliphatic heterocycles. The zero-order valence-corrected chi connectivity index (χ0v) is 11.2. The van der Waals surface area contributed by atoms with E-state index >= 15 is 0 Å². The molecule has 0 unspecified atom stereocenters. The van der Waals surface area contributed by atoms with Crippen LogP contribution in [0.3, 0.4) is 0 Å². The largest absolute Gasteiger partial charge is 0.462 e. The second kappa shape index (κ2) is 9.10. The number of hydrogen-bond donors (Lipinski definition) is 1. The van der Waals surface area contributed by atoms with E-state index < -0.39 is 0 Å². The summed E-state index contributed by atoms with van der Waals surface area (Å²) >= 11 is 0. The van der Waals surface area contributed by atoms with Gasteiger partial charge in [0, 0.05) is 20.3 Å². The summed E-state index contributed by atoms with van der Waals surface area (Å²) in [6.45, 7) is 5.45. The molecule has 0 saturated carbocycles.